The molecule has 0 spiro atoms. The summed E-state index contributed by atoms with van der Waals surface area (Å²) in [7, 11) is 1.77. The second-order valence-corrected chi connectivity index (χ2v) is 4.61. The second-order valence-electron chi connectivity index (χ2n) is 4.61. The Kier molecular flexibility index (Phi) is 9.06. The van der Waals surface area contributed by atoms with E-state index in [1.165, 1.54) is 6.42 Å². The Morgan fingerprint density at radius 1 is 1.07 bits per heavy atom. The van der Waals surface area contributed by atoms with E-state index in [0.29, 0.717) is 18.2 Å². The van der Waals surface area contributed by atoms with Gasteiger partial charge in [-0.25, -0.2) is 0 Å². The van der Waals surface area contributed by atoms with Crippen LogP contribution in [0.15, 0.2) is 0 Å². The highest BCUT2D eigenvalue weighted by Gasteiger charge is 2.02. The van der Waals surface area contributed by atoms with Gasteiger partial charge in [-0.15, -0.1) is 0 Å². The lowest BCUT2D eigenvalue weighted by molar-refractivity contribution is 0.109. The van der Waals surface area contributed by atoms with Crippen LogP contribution in [0.2, 0.25) is 0 Å². The summed E-state index contributed by atoms with van der Waals surface area (Å²) in [6.07, 6.45) is 2.70. The van der Waals surface area contributed by atoms with E-state index in [2.05, 4.69) is 38.3 Å². The fraction of sp³-hybridized carbons (Fsp3) is 1.00. The van der Waals surface area contributed by atoms with Crippen LogP contribution in [0.4, 0.5) is 0 Å². The normalized spacial score (nSPS) is 15.6. The maximum atomic E-state index is 5.20. The zero-order chi connectivity index (χ0) is 11.7. The van der Waals surface area contributed by atoms with Gasteiger partial charge in [0, 0.05) is 25.7 Å². The zero-order valence-corrected chi connectivity index (χ0v) is 11.0. The molecule has 3 heteroatoms. The summed E-state index contributed by atoms with van der Waals surface area (Å²) in [5.74, 6) is 0. The highest BCUT2D eigenvalue weighted by Crippen LogP contribution is 1.98. The molecule has 92 valence electrons. The Labute approximate surface area is 95.0 Å². The zero-order valence-electron chi connectivity index (χ0n) is 11.0. The lowest BCUT2D eigenvalue weighted by Gasteiger charge is -2.17. The van der Waals surface area contributed by atoms with Crippen LogP contribution < -0.4 is 10.6 Å². The largest absolute Gasteiger partial charge is 0.382 e. The van der Waals surface area contributed by atoms with Crippen LogP contribution in [0, 0.1) is 0 Å². The van der Waals surface area contributed by atoms with Crippen LogP contribution in [0.1, 0.15) is 40.5 Å². The van der Waals surface area contributed by atoms with E-state index in [4.69, 9.17) is 4.74 Å². The maximum absolute atomic E-state index is 5.20. The number of methoxy groups -OCH3 is 1. The van der Waals surface area contributed by atoms with Crippen molar-refractivity contribution in [1.29, 1.82) is 0 Å². The predicted octanol–water partition coefficient (Wildman–Crippen LogP) is 1.78. The van der Waals surface area contributed by atoms with Crippen molar-refractivity contribution in [2.75, 3.05) is 20.2 Å². The molecule has 0 amide bonds. The van der Waals surface area contributed by atoms with Gasteiger partial charge in [-0.2, -0.15) is 0 Å². The number of nitrogens with one attached hydrogen (secondary N) is 2. The fourth-order valence-electron chi connectivity index (χ4n) is 1.34. The van der Waals surface area contributed by atoms with Crippen molar-refractivity contribution in [2.24, 2.45) is 0 Å². The predicted molar refractivity (Wildman–Crippen MR) is 66.3 cm³/mol. The monoisotopic (exact) mass is 216 g/mol. The molecule has 0 aliphatic heterocycles. The summed E-state index contributed by atoms with van der Waals surface area (Å²) in [5.41, 5.74) is 0. The van der Waals surface area contributed by atoms with Gasteiger partial charge in [0.15, 0.2) is 0 Å². The fourth-order valence-corrected chi connectivity index (χ4v) is 1.34. The Bertz CT molecular complexity index is 140. The van der Waals surface area contributed by atoms with Gasteiger partial charge in [0.1, 0.15) is 0 Å². The molecular formula is C12H28N2O. The molecule has 2 atom stereocenters. The van der Waals surface area contributed by atoms with Crippen molar-refractivity contribution in [3.8, 4) is 0 Å². The van der Waals surface area contributed by atoms with Gasteiger partial charge in [-0.1, -0.05) is 13.8 Å². The van der Waals surface area contributed by atoms with Gasteiger partial charge >= 0.3 is 0 Å². The Morgan fingerprint density at radius 2 is 1.73 bits per heavy atom. The molecule has 2 unspecified atom stereocenters. The van der Waals surface area contributed by atoms with Gasteiger partial charge in [0.2, 0.25) is 0 Å². The quantitative estimate of drug-likeness (QED) is 0.576. The third kappa shape index (κ3) is 10.2. The highest BCUT2D eigenvalue weighted by molar-refractivity contribution is 4.66. The van der Waals surface area contributed by atoms with Gasteiger partial charge < -0.3 is 15.4 Å². The van der Waals surface area contributed by atoms with Gasteiger partial charge in [0.25, 0.3) is 0 Å². The van der Waals surface area contributed by atoms with E-state index in [1.54, 1.807) is 7.11 Å². The first kappa shape index (κ1) is 14.9. The van der Waals surface area contributed by atoms with E-state index >= 15 is 0 Å². The lowest BCUT2D eigenvalue weighted by atomic mass is 10.2. The summed E-state index contributed by atoms with van der Waals surface area (Å²) < 4.78 is 5.20. The van der Waals surface area contributed by atoms with E-state index in [-0.39, 0.29) is 0 Å². The third-order valence-corrected chi connectivity index (χ3v) is 2.51. The topological polar surface area (TPSA) is 33.3 Å². The Morgan fingerprint density at radius 3 is 2.27 bits per heavy atom. The van der Waals surface area contributed by atoms with Crippen LogP contribution in [0.25, 0.3) is 0 Å². The van der Waals surface area contributed by atoms with Gasteiger partial charge in [-0.05, 0) is 33.2 Å². The van der Waals surface area contributed by atoms with Crippen molar-refractivity contribution in [1.82, 2.24) is 10.6 Å². The molecule has 0 rings (SSSR count). The first-order valence-corrected chi connectivity index (χ1v) is 6.05. The van der Waals surface area contributed by atoms with Crippen molar-refractivity contribution in [2.45, 2.75) is 58.7 Å². The summed E-state index contributed by atoms with van der Waals surface area (Å²) in [6.45, 7) is 10.8. The minimum absolute atomic E-state index is 0.385. The molecule has 0 heterocycles. The highest BCUT2D eigenvalue weighted by atomic mass is 16.5. The average Bonchev–Trinajstić information content (AvgIpc) is 2.21. The molecule has 2 N–H and O–H groups in total. The molecule has 0 saturated carbocycles. The second kappa shape index (κ2) is 9.13. The van der Waals surface area contributed by atoms with Crippen LogP contribution in [-0.2, 0) is 4.74 Å². The lowest BCUT2D eigenvalue weighted by Crippen LogP contribution is -2.39. The molecule has 0 bridgehead atoms. The summed E-state index contributed by atoms with van der Waals surface area (Å²) >= 11 is 0. The summed E-state index contributed by atoms with van der Waals surface area (Å²) in [6, 6.07) is 1.12. The van der Waals surface area contributed by atoms with Crippen LogP contribution >= 0.6 is 0 Å². The van der Waals surface area contributed by atoms with E-state index < -0.39 is 0 Å². The molecule has 0 saturated heterocycles. The molecule has 0 radical (unpaired) electrons. The van der Waals surface area contributed by atoms with Crippen molar-refractivity contribution >= 4 is 0 Å². The maximum Gasteiger partial charge on any atom is 0.0543 e. The molecule has 0 aromatic rings. The average molecular weight is 216 g/mol. The molecule has 3 nitrogen and oxygen atoms in total. The van der Waals surface area contributed by atoms with Crippen molar-refractivity contribution < 1.29 is 4.74 Å². The third-order valence-electron chi connectivity index (χ3n) is 2.51. The minimum Gasteiger partial charge on any atom is -0.382 e. The Hall–Kier alpha value is -0.120. The Balaban J connectivity index is 3.27. The minimum atomic E-state index is 0.385. The first-order valence-electron chi connectivity index (χ1n) is 6.05. The molecule has 0 aromatic carbocycles. The van der Waals surface area contributed by atoms with Gasteiger partial charge in [0.05, 0.1) is 6.10 Å². The standard InChI is InChI=1S/C12H28N2O/c1-10(2)14-9-11(3)13-8-6-7-12(4)15-5/h10-14H,6-9H2,1-5H3. The molecule has 0 fully saturated rings. The van der Waals surface area contributed by atoms with E-state index in [1.807, 2.05) is 0 Å². The smallest absolute Gasteiger partial charge is 0.0543 e. The van der Waals surface area contributed by atoms with E-state index in [0.717, 1.165) is 19.5 Å². The molecular weight excluding hydrogens is 188 g/mol. The van der Waals surface area contributed by atoms with Crippen molar-refractivity contribution in [3.63, 3.8) is 0 Å². The van der Waals surface area contributed by atoms with Crippen LogP contribution in [0.3, 0.4) is 0 Å². The summed E-state index contributed by atoms with van der Waals surface area (Å²) in [4.78, 5) is 0. The molecule has 0 aliphatic carbocycles. The van der Waals surface area contributed by atoms with E-state index in [9.17, 15) is 0 Å². The number of hydrogen-bond donors (Lipinski definition) is 2. The first-order chi connectivity index (χ1) is 7.06. The summed E-state index contributed by atoms with van der Waals surface area (Å²) in [5, 5.41) is 6.92. The van der Waals surface area contributed by atoms with Crippen molar-refractivity contribution in [3.05, 3.63) is 0 Å². The number of ether oxygens (including phenoxy) is 1. The number of rotatable bonds is 9. The number of hydrogen-bond acceptors (Lipinski definition) is 3. The van der Waals surface area contributed by atoms with Crippen LogP contribution in [0.5, 0.6) is 0 Å². The molecule has 0 aliphatic rings. The molecule has 15 heavy (non-hydrogen) atoms. The van der Waals surface area contributed by atoms with Crippen LogP contribution in [-0.4, -0.2) is 38.4 Å². The molecule has 0 aromatic heterocycles. The SMILES string of the molecule is COC(C)CCCNC(C)CNC(C)C. The van der Waals surface area contributed by atoms with Gasteiger partial charge in [-0.3, -0.25) is 0 Å².